The topological polar surface area (TPSA) is 46.6 Å². The summed E-state index contributed by atoms with van der Waals surface area (Å²) >= 11 is 6.35. The molecule has 4 nitrogen and oxygen atoms in total. The van der Waals surface area contributed by atoms with Gasteiger partial charge in [0.05, 0.1) is 27.7 Å². The molecule has 0 aliphatic carbocycles. The van der Waals surface area contributed by atoms with Crippen molar-refractivity contribution >= 4 is 27.3 Å². The molecule has 0 bridgehead atoms. The Labute approximate surface area is 187 Å². The molecule has 168 valence electrons. The molecule has 1 aliphatic rings. The third-order valence-corrected chi connectivity index (χ3v) is 7.09. The number of anilines is 1. The Morgan fingerprint density at radius 3 is 2.50 bits per heavy atom. The zero-order chi connectivity index (χ0) is 23.3. The summed E-state index contributed by atoms with van der Waals surface area (Å²) in [6.45, 7) is 1.57. The molecule has 0 spiro atoms. The van der Waals surface area contributed by atoms with E-state index in [1.54, 1.807) is 13.0 Å². The van der Waals surface area contributed by atoms with Gasteiger partial charge >= 0.3 is 6.18 Å². The lowest BCUT2D eigenvalue weighted by Crippen LogP contribution is -2.38. The van der Waals surface area contributed by atoms with Gasteiger partial charge in [-0.2, -0.15) is 13.2 Å². The fraction of sp³-hybridized carbons (Fsp3) is 0.182. The van der Waals surface area contributed by atoms with Crippen LogP contribution in [-0.4, -0.2) is 21.6 Å². The maximum atomic E-state index is 13.9. The molecular weight excluding hydrogens is 470 g/mol. The lowest BCUT2D eigenvalue weighted by atomic mass is 10.0. The second kappa shape index (κ2) is 7.97. The Bertz CT molecular complexity index is 1290. The summed E-state index contributed by atoms with van der Waals surface area (Å²) in [5.74, 6) is -0.327. The number of rotatable bonds is 3. The van der Waals surface area contributed by atoms with Gasteiger partial charge in [-0.05, 0) is 54.4 Å². The van der Waals surface area contributed by atoms with Crippen LogP contribution in [0.1, 0.15) is 11.1 Å². The summed E-state index contributed by atoms with van der Waals surface area (Å²) in [5, 5.41) is 0.215. The molecule has 1 aliphatic heterocycles. The van der Waals surface area contributed by atoms with Crippen molar-refractivity contribution < 1.29 is 30.7 Å². The number of hydrogen-bond acceptors (Lipinski definition) is 3. The van der Waals surface area contributed by atoms with Crippen LogP contribution in [0.4, 0.5) is 23.2 Å². The van der Waals surface area contributed by atoms with Crippen molar-refractivity contribution in [2.75, 3.05) is 17.5 Å². The molecule has 0 radical (unpaired) electrons. The van der Waals surface area contributed by atoms with Crippen LogP contribution in [0.15, 0.2) is 59.5 Å². The van der Waals surface area contributed by atoms with Gasteiger partial charge in [-0.1, -0.05) is 23.7 Å². The van der Waals surface area contributed by atoms with E-state index < -0.39 is 32.5 Å². The summed E-state index contributed by atoms with van der Waals surface area (Å²) in [6, 6.07) is 10.7. The number of nitrogens with zero attached hydrogens (tertiary/aromatic N) is 1. The molecule has 4 rings (SSSR count). The van der Waals surface area contributed by atoms with Crippen LogP contribution >= 0.6 is 11.6 Å². The highest BCUT2D eigenvalue weighted by Crippen LogP contribution is 2.43. The lowest BCUT2D eigenvalue weighted by molar-refractivity contribution is -0.137. The molecular formula is C22H16ClF4NO3S. The van der Waals surface area contributed by atoms with Gasteiger partial charge in [0, 0.05) is 11.6 Å². The first-order valence-corrected chi connectivity index (χ1v) is 11.2. The van der Waals surface area contributed by atoms with E-state index in [1.165, 1.54) is 24.3 Å². The average Bonchev–Trinajstić information content (AvgIpc) is 2.71. The second-order valence-electron chi connectivity index (χ2n) is 7.27. The van der Waals surface area contributed by atoms with E-state index in [0.717, 1.165) is 22.5 Å². The third kappa shape index (κ3) is 4.14. The quantitative estimate of drug-likeness (QED) is 0.424. The third-order valence-electron chi connectivity index (χ3n) is 4.97. The highest BCUT2D eigenvalue weighted by atomic mass is 35.5. The van der Waals surface area contributed by atoms with Crippen molar-refractivity contribution in [3.63, 3.8) is 0 Å². The van der Waals surface area contributed by atoms with E-state index in [1.807, 2.05) is 0 Å². The zero-order valence-corrected chi connectivity index (χ0v) is 18.2. The van der Waals surface area contributed by atoms with Crippen molar-refractivity contribution in [3.8, 4) is 16.9 Å². The van der Waals surface area contributed by atoms with Gasteiger partial charge in [0.15, 0.2) is 0 Å². The van der Waals surface area contributed by atoms with E-state index >= 15 is 0 Å². The summed E-state index contributed by atoms with van der Waals surface area (Å²) in [5.41, 5.74) is 0.465. The van der Waals surface area contributed by atoms with Crippen LogP contribution in [0.5, 0.6) is 5.75 Å². The SMILES string of the molecule is Cc1cc(F)cc(-c2cc3c(cc2Cl)OCCN3S(=O)(=O)c2cccc(C(F)(F)F)c2)c1. The Morgan fingerprint density at radius 2 is 1.81 bits per heavy atom. The smallest absolute Gasteiger partial charge is 0.416 e. The molecule has 0 unspecified atom stereocenters. The largest absolute Gasteiger partial charge is 0.489 e. The van der Waals surface area contributed by atoms with Crippen LogP contribution in [0.2, 0.25) is 5.02 Å². The minimum atomic E-state index is -4.69. The number of ether oxygens (including phenoxy) is 1. The van der Waals surface area contributed by atoms with Crippen LogP contribution in [0, 0.1) is 12.7 Å². The summed E-state index contributed by atoms with van der Waals surface area (Å²) in [4.78, 5) is -0.502. The normalized spacial score (nSPS) is 14.1. The zero-order valence-electron chi connectivity index (χ0n) is 16.6. The Morgan fingerprint density at radius 1 is 1.06 bits per heavy atom. The molecule has 0 fully saturated rings. The van der Waals surface area contributed by atoms with E-state index in [4.69, 9.17) is 16.3 Å². The van der Waals surface area contributed by atoms with Gasteiger partial charge in [-0.25, -0.2) is 12.8 Å². The number of fused-ring (bicyclic) bond motifs is 1. The number of hydrogen-bond donors (Lipinski definition) is 0. The highest BCUT2D eigenvalue weighted by molar-refractivity contribution is 7.92. The van der Waals surface area contributed by atoms with E-state index in [0.29, 0.717) is 22.8 Å². The molecule has 0 saturated carbocycles. The first-order chi connectivity index (χ1) is 15.0. The number of alkyl halides is 3. The standard InChI is InChI=1S/C22H16ClF4NO3S/c1-13-7-14(9-16(24)8-13)18-11-20-21(12-19(18)23)31-6-5-28(20)32(29,30)17-4-2-3-15(10-17)22(25,26)27/h2-4,7-12H,5-6H2,1H3. The van der Waals surface area contributed by atoms with Gasteiger partial charge in [0.2, 0.25) is 0 Å². The maximum Gasteiger partial charge on any atom is 0.416 e. The van der Waals surface area contributed by atoms with Gasteiger partial charge < -0.3 is 4.74 Å². The fourth-order valence-corrected chi connectivity index (χ4v) is 5.30. The Balaban J connectivity index is 1.84. The van der Waals surface area contributed by atoms with E-state index in [9.17, 15) is 26.0 Å². The molecule has 0 atom stereocenters. The minimum Gasteiger partial charge on any atom is -0.489 e. The number of aryl methyl sites for hydroxylation is 1. The molecule has 0 saturated heterocycles. The molecule has 3 aromatic rings. The minimum absolute atomic E-state index is 0.0139. The van der Waals surface area contributed by atoms with E-state index in [-0.39, 0.29) is 29.6 Å². The predicted molar refractivity (Wildman–Crippen MR) is 113 cm³/mol. The van der Waals surface area contributed by atoms with Crippen LogP contribution in [0.25, 0.3) is 11.1 Å². The maximum absolute atomic E-state index is 13.9. The van der Waals surface area contributed by atoms with Crippen LogP contribution in [0.3, 0.4) is 0 Å². The summed E-state index contributed by atoms with van der Waals surface area (Å²) in [7, 11) is -4.35. The average molecular weight is 486 g/mol. The van der Waals surface area contributed by atoms with Gasteiger partial charge in [-0.15, -0.1) is 0 Å². The number of sulfonamides is 1. The van der Waals surface area contributed by atoms with Crippen LogP contribution in [-0.2, 0) is 16.2 Å². The lowest BCUT2D eigenvalue weighted by Gasteiger charge is -2.31. The molecule has 0 aromatic heterocycles. The monoisotopic (exact) mass is 485 g/mol. The number of benzene rings is 3. The first kappa shape index (κ1) is 22.4. The second-order valence-corrected chi connectivity index (χ2v) is 9.54. The van der Waals surface area contributed by atoms with Gasteiger partial charge in [0.25, 0.3) is 10.0 Å². The highest BCUT2D eigenvalue weighted by Gasteiger charge is 2.35. The summed E-state index contributed by atoms with van der Waals surface area (Å²) in [6.07, 6.45) is -4.69. The number of halogens is 5. The van der Waals surface area contributed by atoms with E-state index in [2.05, 4.69) is 0 Å². The van der Waals surface area contributed by atoms with Crippen molar-refractivity contribution in [2.45, 2.75) is 18.0 Å². The predicted octanol–water partition coefficient (Wildman–Crippen LogP) is 6.06. The Hall–Kier alpha value is -2.78. The fourth-order valence-electron chi connectivity index (χ4n) is 3.54. The summed E-state index contributed by atoms with van der Waals surface area (Å²) < 4.78 is 86.4. The van der Waals surface area contributed by atoms with Gasteiger partial charge in [0.1, 0.15) is 18.2 Å². The van der Waals surface area contributed by atoms with Crippen LogP contribution < -0.4 is 9.04 Å². The van der Waals surface area contributed by atoms with Crippen molar-refractivity contribution in [3.05, 3.63) is 76.6 Å². The van der Waals surface area contributed by atoms with Crippen molar-refractivity contribution in [2.24, 2.45) is 0 Å². The first-order valence-electron chi connectivity index (χ1n) is 9.41. The molecule has 3 aromatic carbocycles. The molecule has 10 heteroatoms. The Kier molecular flexibility index (Phi) is 5.58. The molecule has 0 N–H and O–H groups in total. The molecule has 1 heterocycles. The molecule has 0 amide bonds. The van der Waals surface area contributed by atoms with Crippen molar-refractivity contribution in [1.82, 2.24) is 0 Å². The van der Waals surface area contributed by atoms with Crippen molar-refractivity contribution in [1.29, 1.82) is 0 Å². The van der Waals surface area contributed by atoms with Gasteiger partial charge in [-0.3, -0.25) is 4.31 Å². The molecule has 32 heavy (non-hydrogen) atoms.